The summed E-state index contributed by atoms with van der Waals surface area (Å²) in [5.41, 5.74) is 24.1. The fraction of sp³-hybridized carbons (Fsp3) is 0.208. The molecular formula is C96H92FN21O2S6. The van der Waals surface area contributed by atoms with Gasteiger partial charge in [0, 0.05) is 230 Å². The number of nitrogens with one attached hydrogen (secondary N) is 3. The van der Waals surface area contributed by atoms with Crippen LogP contribution < -0.4 is 20.7 Å². The van der Waals surface area contributed by atoms with Gasteiger partial charge in [-0.05, 0) is 153 Å². The van der Waals surface area contributed by atoms with Crippen LogP contribution in [0.1, 0.15) is 67.1 Å². The summed E-state index contributed by atoms with van der Waals surface area (Å²) < 4.78 is 35.6. The molecule has 30 heteroatoms. The third-order valence-corrected chi connectivity index (χ3v) is 27.0. The second-order valence-corrected chi connectivity index (χ2v) is 37.1. The molecule has 1 saturated heterocycles. The van der Waals surface area contributed by atoms with Crippen molar-refractivity contribution in [2.75, 3.05) is 62.0 Å². The molecule has 0 saturated carbocycles. The van der Waals surface area contributed by atoms with Gasteiger partial charge in [-0.25, -0.2) is 59.2 Å². The highest BCUT2D eigenvalue weighted by molar-refractivity contribution is 7.20. The average Bonchev–Trinajstić information content (AvgIpc) is 1.67. The Labute approximate surface area is 752 Å². The summed E-state index contributed by atoms with van der Waals surface area (Å²) in [5, 5.41) is 15.8. The third kappa shape index (κ3) is 19.5. The number of nitrogens with zero attached hydrogens (tertiary/aromatic N) is 18. The number of anilines is 3. The van der Waals surface area contributed by atoms with Crippen molar-refractivity contribution in [1.29, 1.82) is 0 Å². The standard InChI is InChI=1S/C22H22FN5OS.C19H17N3OS.C19H17N3S.C18H19N5S2.C18H17N5S/c23-19-4-2-1-3-17(19)18-13-16(15-28-8-6-24-21(18)28)20-14-26-22(30-20)25-5-7-27-9-11-29-12-10-27;1-3-23-19-21-11-17(24-19)14-10-16(15-7-5-4-6-13(15)2)18-20-8-9-22(18)12-14;1-12-6-4-5-7-16(12)17-10-15(11-22-9-8-20-19(17)22)18-13(2)21-14(3)23-18;1-10(2)21-18-20-8-15(25-18)13-7-14(16-11(3)22-12(4)24-16)17-19-5-6-23(17)9-13;1-12(2)22-18-21-10-16(24-18)14-9-15(13-3-5-19-6-4-13)17-20-7-8-23(17)11-14/h1-4,6,8,13-15H,5,7,9-12H2,(H,25,26);4-12H,3H2,1-2H3;4-11H,1-3H3;5-10H,1-4H3,(H,20,21);3-12H,1-2H3,(H,21,22). The Morgan fingerprint density at radius 1 is 0.405 bits per heavy atom. The Morgan fingerprint density at radius 3 is 1.27 bits per heavy atom. The van der Waals surface area contributed by atoms with Crippen molar-refractivity contribution in [2.45, 2.75) is 88.2 Å². The summed E-state index contributed by atoms with van der Waals surface area (Å²) in [4.78, 5) is 62.8. The highest BCUT2D eigenvalue weighted by Gasteiger charge is 2.22. The van der Waals surface area contributed by atoms with Crippen molar-refractivity contribution < 1.29 is 13.9 Å². The van der Waals surface area contributed by atoms with Crippen molar-refractivity contribution in [3.8, 4) is 112 Å². The molecule has 0 aliphatic carbocycles. The van der Waals surface area contributed by atoms with E-state index < -0.39 is 0 Å². The molecule has 1 fully saturated rings. The Hall–Kier alpha value is -12.9. The molecule has 1 aliphatic heterocycles. The topological polar surface area (TPSA) is 235 Å². The fourth-order valence-corrected chi connectivity index (χ4v) is 20.4. The zero-order valence-corrected chi connectivity index (χ0v) is 76.3. The Kier molecular flexibility index (Phi) is 26.2. The van der Waals surface area contributed by atoms with Crippen LogP contribution in [-0.4, -0.2) is 145 Å². The lowest BCUT2D eigenvalue weighted by Crippen LogP contribution is -2.38. The first-order chi connectivity index (χ1) is 61.4. The smallest absolute Gasteiger partial charge is 0.273 e. The Morgan fingerprint density at radius 2 is 0.802 bits per heavy atom. The van der Waals surface area contributed by atoms with Gasteiger partial charge >= 0.3 is 0 Å². The van der Waals surface area contributed by atoms with E-state index in [9.17, 15) is 4.39 Å². The maximum atomic E-state index is 14.5. The van der Waals surface area contributed by atoms with Crippen molar-refractivity contribution >= 4 is 112 Å². The fourth-order valence-electron chi connectivity index (χ4n) is 15.0. The maximum Gasteiger partial charge on any atom is 0.273 e. The monoisotopic (exact) mass is 1780 g/mol. The molecule has 126 heavy (non-hydrogen) atoms. The lowest BCUT2D eigenvalue weighted by atomic mass is 10.00. The molecule has 21 rings (SSSR count). The van der Waals surface area contributed by atoms with Gasteiger partial charge < -0.3 is 47.4 Å². The van der Waals surface area contributed by atoms with E-state index in [2.05, 4.69) is 258 Å². The van der Waals surface area contributed by atoms with Crippen LogP contribution >= 0.6 is 68.0 Å². The molecule has 18 heterocycles. The summed E-state index contributed by atoms with van der Waals surface area (Å²) in [6, 6.07) is 39.2. The molecule has 0 unspecified atom stereocenters. The zero-order valence-electron chi connectivity index (χ0n) is 71.4. The highest BCUT2D eigenvalue weighted by atomic mass is 32.1. The molecule has 0 atom stereocenters. The van der Waals surface area contributed by atoms with Gasteiger partial charge in [0.1, 0.15) is 34.1 Å². The zero-order chi connectivity index (χ0) is 86.9. The first-order valence-corrected chi connectivity index (χ1v) is 46.3. The van der Waals surface area contributed by atoms with Gasteiger partial charge in [-0.15, -0.1) is 22.7 Å². The number of halogens is 1. The van der Waals surface area contributed by atoms with E-state index in [1.807, 2.05) is 129 Å². The third-order valence-electron chi connectivity index (χ3n) is 20.8. The minimum Gasteiger partial charge on any atom is -0.470 e. The molecule has 0 spiro atoms. The summed E-state index contributed by atoms with van der Waals surface area (Å²) in [7, 11) is 0. The lowest BCUT2D eigenvalue weighted by Gasteiger charge is -2.26. The van der Waals surface area contributed by atoms with E-state index in [0.717, 1.165) is 180 Å². The van der Waals surface area contributed by atoms with Crippen LogP contribution in [0, 0.1) is 47.4 Å². The molecule has 0 amide bonds. The molecule has 3 N–H and O–H groups in total. The predicted octanol–water partition coefficient (Wildman–Crippen LogP) is 23.2. The number of imidazole rings is 5. The Balaban J connectivity index is 0.000000111. The predicted molar refractivity (Wildman–Crippen MR) is 515 cm³/mol. The van der Waals surface area contributed by atoms with Crippen LogP contribution in [0.2, 0.25) is 0 Å². The maximum absolute atomic E-state index is 14.5. The minimum absolute atomic E-state index is 0.255. The van der Waals surface area contributed by atoms with Crippen LogP contribution in [0.25, 0.3) is 135 Å². The van der Waals surface area contributed by atoms with Crippen molar-refractivity contribution in [2.24, 2.45) is 0 Å². The number of aromatic nitrogens is 17. The number of morpholine rings is 1. The lowest BCUT2D eigenvalue weighted by molar-refractivity contribution is 0.0398. The number of fused-ring (bicyclic) bond motifs is 5. The van der Waals surface area contributed by atoms with Gasteiger partial charge in [-0.3, -0.25) is 9.88 Å². The normalized spacial score (nSPS) is 12.2. The van der Waals surface area contributed by atoms with Crippen LogP contribution in [0.4, 0.5) is 19.8 Å². The summed E-state index contributed by atoms with van der Waals surface area (Å²) in [6.07, 6.45) is 40.5. The van der Waals surface area contributed by atoms with Crippen molar-refractivity contribution in [1.82, 2.24) is 86.7 Å². The number of rotatable bonds is 20. The van der Waals surface area contributed by atoms with Gasteiger partial charge in [-0.2, -0.15) is 0 Å². The minimum atomic E-state index is -0.255. The van der Waals surface area contributed by atoms with E-state index in [-0.39, 0.29) is 5.82 Å². The quantitative estimate of drug-likeness (QED) is 0.0643. The number of benzene rings is 3. The highest BCUT2D eigenvalue weighted by Crippen LogP contribution is 2.42. The molecule has 3 aromatic carbocycles. The number of thiazole rings is 6. The van der Waals surface area contributed by atoms with Gasteiger partial charge in [0.25, 0.3) is 5.19 Å². The van der Waals surface area contributed by atoms with Crippen LogP contribution in [-0.2, 0) is 4.74 Å². The molecular weight excluding hydrogens is 1690 g/mol. The second kappa shape index (κ2) is 38.7. The summed E-state index contributed by atoms with van der Waals surface area (Å²) in [6.45, 7) is 28.9. The average molecular weight is 1780 g/mol. The number of hydrogen-bond acceptors (Lipinski definition) is 24. The second-order valence-electron chi connectivity index (χ2n) is 30.6. The van der Waals surface area contributed by atoms with Crippen LogP contribution in [0.15, 0.2) is 245 Å². The molecule has 17 aromatic heterocycles. The van der Waals surface area contributed by atoms with E-state index in [1.165, 1.54) is 43.6 Å². The van der Waals surface area contributed by atoms with E-state index >= 15 is 0 Å². The van der Waals surface area contributed by atoms with Crippen LogP contribution in [0.5, 0.6) is 5.19 Å². The van der Waals surface area contributed by atoms with Crippen LogP contribution in [0.3, 0.4) is 0 Å². The van der Waals surface area contributed by atoms with E-state index in [0.29, 0.717) is 29.4 Å². The molecule has 1 aliphatic rings. The van der Waals surface area contributed by atoms with E-state index in [1.54, 1.807) is 98.7 Å². The molecule has 20 aromatic rings. The number of ether oxygens (including phenoxy) is 2. The molecule has 0 bridgehead atoms. The summed E-state index contributed by atoms with van der Waals surface area (Å²) in [5.74, 6) is -0.255. The largest absolute Gasteiger partial charge is 0.470 e. The van der Waals surface area contributed by atoms with Gasteiger partial charge in [0.2, 0.25) is 0 Å². The first kappa shape index (κ1) is 85.3. The molecule has 23 nitrogen and oxygen atoms in total. The number of aryl methyl sites for hydroxylation is 6. The van der Waals surface area contributed by atoms with Gasteiger partial charge in [0.05, 0.1) is 70.5 Å². The van der Waals surface area contributed by atoms with E-state index in [4.69, 9.17) is 9.47 Å². The first-order valence-electron chi connectivity index (χ1n) is 41.4. The van der Waals surface area contributed by atoms with Gasteiger partial charge in [-0.1, -0.05) is 112 Å². The molecule has 0 radical (unpaired) electrons. The summed E-state index contributed by atoms with van der Waals surface area (Å²) >= 11 is 9.95. The van der Waals surface area contributed by atoms with Crippen molar-refractivity contribution in [3.63, 3.8) is 0 Å². The number of pyridine rings is 6. The number of hydrogen-bond donors (Lipinski definition) is 3. The SMILES string of the molecule is CC(C)Nc1ncc(-c2cc(-c3ccncc3)c3nccn3c2)s1.CCOc1ncc(-c2cc(-c3ccccc3C)c3nccn3c2)s1.Cc1nc(C)c(-c2cc(-c3ccccc3C)c3nccn3c2)s1.Cc1nc(C)c(-c2cc(-c3cnc(NC(C)C)s3)cn3ccnc23)s1.Fc1ccccc1-c1cc(-c2cnc(NCCN3CCOCC3)s2)cn2ccnc12. The molecule has 636 valence electrons. The van der Waals surface area contributed by atoms with Gasteiger partial charge in [0.15, 0.2) is 15.4 Å². The Bertz CT molecular complexity index is 7140. The van der Waals surface area contributed by atoms with Crippen molar-refractivity contribution in [3.05, 3.63) is 284 Å².